The third kappa shape index (κ3) is 3.94. The van der Waals surface area contributed by atoms with E-state index in [0.717, 1.165) is 0 Å². The standard InChI is InChI=1S/C16H16F5N3O2/c1-3-26-14(25)15(17,18)11-8-24(23-13(11)16(19,20)21)7-10-4-5-12(22)9(2)6-10/h4-6,8H,3,7,22H2,1-2H3. The molecule has 1 aromatic carbocycles. The van der Waals surface area contributed by atoms with Gasteiger partial charge in [-0.25, -0.2) is 4.79 Å². The first-order valence-electron chi connectivity index (χ1n) is 7.52. The molecule has 26 heavy (non-hydrogen) atoms. The molecule has 10 heteroatoms. The summed E-state index contributed by atoms with van der Waals surface area (Å²) in [6.45, 7) is 2.37. The van der Waals surface area contributed by atoms with E-state index in [9.17, 15) is 26.7 Å². The van der Waals surface area contributed by atoms with Crippen molar-refractivity contribution in [2.75, 3.05) is 12.3 Å². The number of nitrogens with zero attached hydrogens (tertiary/aromatic N) is 2. The zero-order valence-corrected chi connectivity index (χ0v) is 13.9. The molecule has 0 fully saturated rings. The lowest BCUT2D eigenvalue weighted by Gasteiger charge is -2.15. The summed E-state index contributed by atoms with van der Waals surface area (Å²) < 4.78 is 72.5. The van der Waals surface area contributed by atoms with Crippen LogP contribution in [0.3, 0.4) is 0 Å². The monoisotopic (exact) mass is 377 g/mol. The van der Waals surface area contributed by atoms with Crippen LogP contribution in [0.25, 0.3) is 0 Å². The SMILES string of the molecule is CCOC(=O)C(F)(F)c1cn(Cc2ccc(N)c(C)c2)nc1C(F)(F)F. The fourth-order valence-corrected chi connectivity index (χ4v) is 2.30. The maximum atomic E-state index is 14.2. The largest absolute Gasteiger partial charge is 0.461 e. The maximum Gasteiger partial charge on any atom is 0.435 e. The highest BCUT2D eigenvalue weighted by atomic mass is 19.4. The van der Waals surface area contributed by atoms with Crippen molar-refractivity contribution >= 4 is 11.7 Å². The minimum atomic E-state index is -5.16. The lowest BCUT2D eigenvalue weighted by Crippen LogP contribution is -2.30. The van der Waals surface area contributed by atoms with Crippen molar-refractivity contribution in [3.63, 3.8) is 0 Å². The second-order valence-corrected chi connectivity index (χ2v) is 5.57. The average Bonchev–Trinajstić information content (AvgIpc) is 2.96. The van der Waals surface area contributed by atoms with Gasteiger partial charge in [0.2, 0.25) is 0 Å². The van der Waals surface area contributed by atoms with Gasteiger partial charge in [-0.1, -0.05) is 12.1 Å². The molecule has 0 amide bonds. The first kappa shape index (κ1) is 19.7. The number of aryl methyl sites for hydroxylation is 1. The number of carbonyl (C=O) groups is 1. The van der Waals surface area contributed by atoms with Crippen LogP contribution in [0.2, 0.25) is 0 Å². The highest BCUT2D eigenvalue weighted by molar-refractivity contribution is 5.79. The molecular weight excluding hydrogens is 361 g/mol. The van der Waals surface area contributed by atoms with Gasteiger partial charge in [0.05, 0.1) is 18.7 Å². The summed E-state index contributed by atoms with van der Waals surface area (Å²) >= 11 is 0. The molecular formula is C16H16F5N3O2. The summed E-state index contributed by atoms with van der Waals surface area (Å²) in [7, 11) is 0. The lowest BCUT2D eigenvalue weighted by molar-refractivity contribution is -0.175. The van der Waals surface area contributed by atoms with E-state index in [-0.39, 0.29) is 6.54 Å². The molecule has 0 radical (unpaired) electrons. The van der Waals surface area contributed by atoms with Crippen LogP contribution in [-0.4, -0.2) is 22.4 Å². The molecule has 1 heterocycles. The van der Waals surface area contributed by atoms with E-state index >= 15 is 0 Å². The number of ether oxygens (including phenoxy) is 1. The van der Waals surface area contributed by atoms with Crippen molar-refractivity contribution in [1.29, 1.82) is 0 Å². The van der Waals surface area contributed by atoms with Crippen LogP contribution in [0.5, 0.6) is 0 Å². The van der Waals surface area contributed by atoms with Crippen molar-refractivity contribution in [3.05, 3.63) is 46.8 Å². The van der Waals surface area contributed by atoms with Crippen LogP contribution in [0.1, 0.15) is 29.3 Å². The Bertz CT molecular complexity index is 815. The van der Waals surface area contributed by atoms with Crippen molar-refractivity contribution in [2.24, 2.45) is 0 Å². The Balaban J connectivity index is 2.46. The Kier molecular flexibility index (Phi) is 5.24. The number of aromatic nitrogens is 2. The van der Waals surface area contributed by atoms with Crippen LogP contribution in [-0.2, 0) is 28.2 Å². The molecule has 1 aromatic heterocycles. The summed E-state index contributed by atoms with van der Waals surface area (Å²) in [5.74, 6) is -6.54. The minimum absolute atomic E-state index is 0.205. The zero-order chi connectivity index (χ0) is 19.7. The number of alkyl halides is 5. The molecule has 0 saturated heterocycles. The van der Waals surface area contributed by atoms with Crippen LogP contribution in [0.4, 0.5) is 27.6 Å². The summed E-state index contributed by atoms with van der Waals surface area (Å²) in [6, 6.07) is 4.70. The Morgan fingerprint density at radius 1 is 1.27 bits per heavy atom. The van der Waals surface area contributed by atoms with E-state index < -0.39 is 35.9 Å². The molecule has 0 aliphatic rings. The summed E-state index contributed by atoms with van der Waals surface area (Å²) in [4.78, 5) is 11.4. The smallest absolute Gasteiger partial charge is 0.435 e. The fraction of sp³-hybridized carbons (Fsp3) is 0.375. The average molecular weight is 377 g/mol. The number of rotatable bonds is 5. The Morgan fingerprint density at radius 3 is 2.46 bits per heavy atom. The van der Waals surface area contributed by atoms with Gasteiger partial charge in [-0.2, -0.15) is 27.1 Å². The first-order valence-corrected chi connectivity index (χ1v) is 7.52. The Labute approximate surface area is 145 Å². The lowest BCUT2D eigenvalue weighted by atomic mass is 10.1. The van der Waals surface area contributed by atoms with Gasteiger partial charge in [-0.15, -0.1) is 0 Å². The number of nitrogen functional groups attached to an aromatic ring is 1. The van der Waals surface area contributed by atoms with Gasteiger partial charge in [-0.3, -0.25) is 4.68 Å². The van der Waals surface area contributed by atoms with Gasteiger partial charge in [0.1, 0.15) is 0 Å². The molecule has 0 saturated carbocycles. The van der Waals surface area contributed by atoms with Crippen molar-refractivity contribution < 1.29 is 31.5 Å². The van der Waals surface area contributed by atoms with Crippen LogP contribution >= 0.6 is 0 Å². The molecule has 2 rings (SSSR count). The minimum Gasteiger partial charge on any atom is -0.461 e. The second kappa shape index (κ2) is 6.93. The molecule has 142 valence electrons. The molecule has 0 aliphatic heterocycles. The second-order valence-electron chi connectivity index (χ2n) is 5.57. The molecule has 0 unspecified atom stereocenters. The van der Waals surface area contributed by atoms with Crippen molar-refractivity contribution in [3.8, 4) is 0 Å². The summed E-state index contributed by atoms with van der Waals surface area (Å²) in [5.41, 5.74) is 3.97. The van der Waals surface area contributed by atoms with Crippen LogP contribution < -0.4 is 5.73 Å². The number of anilines is 1. The van der Waals surface area contributed by atoms with Gasteiger partial charge in [0.15, 0.2) is 5.69 Å². The Hall–Kier alpha value is -2.65. The predicted molar refractivity (Wildman–Crippen MR) is 82.4 cm³/mol. The number of nitrogens with two attached hydrogens (primary N) is 1. The highest BCUT2D eigenvalue weighted by Gasteiger charge is 2.51. The summed E-state index contributed by atoms with van der Waals surface area (Å²) in [6.07, 6.45) is -4.65. The number of benzene rings is 1. The maximum absolute atomic E-state index is 14.2. The quantitative estimate of drug-likeness (QED) is 0.492. The number of carbonyl (C=O) groups excluding carboxylic acids is 1. The van der Waals surface area contributed by atoms with Crippen LogP contribution in [0, 0.1) is 6.92 Å². The van der Waals surface area contributed by atoms with Gasteiger partial charge in [-0.05, 0) is 31.0 Å². The van der Waals surface area contributed by atoms with E-state index in [1.165, 1.54) is 6.92 Å². The predicted octanol–water partition coefficient (Wildman–Crippen LogP) is 3.50. The number of esters is 1. The third-order valence-corrected chi connectivity index (χ3v) is 3.58. The number of halogens is 5. The van der Waals surface area contributed by atoms with E-state index in [0.29, 0.717) is 27.7 Å². The van der Waals surface area contributed by atoms with Crippen molar-refractivity contribution in [1.82, 2.24) is 9.78 Å². The molecule has 5 nitrogen and oxygen atoms in total. The van der Waals surface area contributed by atoms with Gasteiger partial charge in [0.25, 0.3) is 0 Å². The molecule has 0 aliphatic carbocycles. The van der Waals surface area contributed by atoms with Crippen LogP contribution in [0.15, 0.2) is 24.4 Å². The molecule has 0 spiro atoms. The van der Waals surface area contributed by atoms with Gasteiger partial charge < -0.3 is 10.5 Å². The molecule has 0 atom stereocenters. The first-order chi connectivity index (χ1) is 12.0. The number of hydrogen-bond acceptors (Lipinski definition) is 4. The van der Waals surface area contributed by atoms with Crippen molar-refractivity contribution in [2.45, 2.75) is 32.5 Å². The topological polar surface area (TPSA) is 70.1 Å². The molecule has 2 aromatic rings. The van der Waals surface area contributed by atoms with E-state index in [1.54, 1.807) is 25.1 Å². The highest BCUT2D eigenvalue weighted by Crippen LogP contribution is 2.39. The van der Waals surface area contributed by atoms with Gasteiger partial charge in [0, 0.05) is 11.9 Å². The Morgan fingerprint density at radius 2 is 1.92 bits per heavy atom. The zero-order valence-electron chi connectivity index (χ0n) is 13.9. The van der Waals surface area contributed by atoms with E-state index in [2.05, 4.69) is 9.84 Å². The van der Waals surface area contributed by atoms with E-state index in [4.69, 9.17) is 5.73 Å². The summed E-state index contributed by atoms with van der Waals surface area (Å²) in [5, 5.41) is 3.21. The fourth-order valence-electron chi connectivity index (χ4n) is 2.30. The van der Waals surface area contributed by atoms with E-state index in [1.807, 2.05) is 0 Å². The molecule has 0 bridgehead atoms. The normalized spacial score (nSPS) is 12.3. The molecule has 2 N–H and O–H groups in total. The third-order valence-electron chi connectivity index (χ3n) is 3.58. The van der Waals surface area contributed by atoms with Gasteiger partial charge >= 0.3 is 18.1 Å². The number of hydrogen-bond donors (Lipinski definition) is 1.